The summed E-state index contributed by atoms with van der Waals surface area (Å²) in [6, 6.07) is 27.6. The molecule has 0 amide bonds. The number of carbonyl (C=O) groups excluding carboxylic acids is 1. The summed E-state index contributed by atoms with van der Waals surface area (Å²) in [6.07, 6.45) is 4.76. The minimum absolute atomic E-state index is 0.0607. The number of carbonyl (C=O) groups is 1. The summed E-state index contributed by atoms with van der Waals surface area (Å²) in [7, 11) is 1.39. The Morgan fingerprint density at radius 2 is 1.81 bits per heavy atom. The van der Waals surface area contributed by atoms with Crippen LogP contribution in [0.4, 0.5) is 5.69 Å². The highest BCUT2D eigenvalue weighted by molar-refractivity contribution is 7.80. The smallest absolute Gasteiger partial charge is 0.337 e. The number of methoxy groups -OCH3 is 1. The molecule has 188 valence electrons. The van der Waals surface area contributed by atoms with Gasteiger partial charge in [-0.2, -0.15) is 0 Å². The number of nitrogens with one attached hydrogen (secondary N) is 2. The van der Waals surface area contributed by atoms with E-state index in [-0.39, 0.29) is 18.1 Å². The van der Waals surface area contributed by atoms with Gasteiger partial charge in [0, 0.05) is 42.6 Å². The molecule has 37 heavy (non-hydrogen) atoms. The van der Waals surface area contributed by atoms with Crippen molar-refractivity contribution < 1.29 is 9.53 Å². The van der Waals surface area contributed by atoms with Crippen molar-refractivity contribution in [2.75, 3.05) is 25.5 Å². The van der Waals surface area contributed by atoms with Crippen molar-refractivity contribution >= 4 is 29.0 Å². The standard InChI is InChI=1S/C29H29N5O2S/c1-36-28(35)21-13-15-23(16-14-21)33-19-7-12-25(33)27-26(24-11-5-6-17-31-24)32-29(37)34(27)20-8-18-30-22-9-3-2-4-10-22/h2-7,9-17,19,26-27,30H,8,18,20H2,1H3,(H,32,37)/t26-,27-/m0/s1. The van der Waals surface area contributed by atoms with Crippen LogP contribution in [0.2, 0.25) is 0 Å². The number of ether oxygens (including phenoxy) is 1. The molecule has 1 aliphatic rings. The van der Waals surface area contributed by atoms with E-state index in [4.69, 9.17) is 17.0 Å². The predicted molar refractivity (Wildman–Crippen MR) is 149 cm³/mol. The van der Waals surface area contributed by atoms with Gasteiger partial charge < -0.3 is 24.8 Å². The van der Waals surface area contributed by atoms with Gasteiger partial charge in [0.1, 0.15) is 0 Å². The molecule has 5 rings (SSSR count). The Kier molecular flexibility index (Phi) is 7.46. The fraction of sp³-hybridized carbons (Fsp3) is 0.207. The number of para-hydroxylation sites is 1. The molecule has 2 aromatic carbocycles. The van der Waals surface area contributed by atoms with Gasteiger partial charge in [-0.3, -0.25) is 4.98 Å². The van der Waals surface area contributed by atoms with Crippen LogP contribution in [0.25, 0.3) is 5.69 Å². The van der Waals surface area contributed by atoms with Gasteiger partial charge in [-0.1, -0.05) is 24.3 Å². The molecule has 2 aromatic heterocycles. The van der Waals surface area contributed by atoms with E-state index >= 15 is 0 Å². The highest BCUT2D eigenvalue weighted by Crippen LogP contribution is 2.39. The maximum absolute atomic E-state index is 11.9. The van der Waals surface area contributed by atoms with Gasteiger partial charge >= 0.3 is 5.97 Å². The minimum Gasteiger partial charge on any atom is -0.465 e. The van der Waals surface area contributed by atoms with Crippen molar-refractivity contribution in [1.29, 1.82) is 0 Å². The second kappa shape index (κ2) is 11.3. The Labute approximate surface area is 222 Å². The molecule has 1 fully saturated rings. The van der Waals surface area contributed by atoms with Crippen LogP contribution in [0.5, 0.6) is 0 Å². The maximum atomic E-state index is 11.9. The monoisotopic (exact) mass is 511 g/mol. The van der Waals surface area contributed by atoms with Crippen LogP contribution < -0.4 is 10.6 Å². The van der Waals surface area contributed by atoms with E-state index in [0.717, 1.165) is 42.3 Å². The van der Waals surface area contributed by atoms with Gasteiger partial charge in [-0.15, -0.1) is 0 Å². The second-order valence-electron chi connectivity index (χ2n) is 8.81. The zero-order valence-electron chi connectivity index (χ0n) is 20.6. The number of pyridine rings is 1. The van der Waals surface area contributed by atoms with Crippen molar-refractivity contribution in [1.82, 2.24) is 19.8 Å². The number of nitrogens with zero attached hydrogens (tertiary/aromatic N) is 3. The van der Waals surface area contributed by atoms with E-state index in [1.54, 1.807) is 12.1 Å². The maximum Gasteiger partial charge on any atom is 0.337 e. The normalized spacial score (nSPS) is 16.9. The summed E-state index contributed by atoms with van der Waals surface area (Å²) >= 11 is 5.84. The van der Waals surface area contributed by atoms with Crippen LogP contribution >= 0.6 is 12.2 Å². The average Bonchev–Trinajstić information content (AvgIpc) is 3.56. The van der Waals surface area contributed by atoms with Gasteiger partial charge in [0.2, 0.25) is 0 Å². The van der Waals surface area contributed by atoms with E-state index in [9.17, 15) is 4.79 Å². The number of benzene rings is 2. The van der Waals surface area contributed by atoms with Crippen LogP contribution in [-0.4, -0.2) is 45.7 Å². The number of thiocarbonyl (C=S) groups is 1. The summed E-state index contributed by atoms with van der Waals surface area (Å²) in [6.45, 7) is 1.62. The largest absolute Gasteiger partial charge is 0.465 e. The number of hydrogen-bond acceptors (Lipinski definition) is 5. The first-order chi connectivity index (χ1) is 18.2. The van der Waals surface area contributed by atoms with Crippen LogP contribution in [0.1, 0.15) is 40.3 Å². The summed E-state index contributed by atoms with van der Waals surface area (Å²) in [5.41, 5.74) is 4.61. The lowest BCUT2D eigenvalue weighted by atomic mass is 10.0. The lowest BCUT2D eigenvalue weighted by Gasteiger charge is -2.29. The Morgan fingerprint density at radius 1 is 1.03 bits per heavy atom. The van der Waals surface area contributed by atoms with Crippen molar-refractivity contribution in [2.45, 2.75) is 18.5 Å². The summed E-state index contributed by atoms with van der Waals surface area (Å²) in [5.74, 6) is -0.352. The summed E-state index contributed by atoms with van der Waals surface area (Å²) < 4.78 is 6.99. The Hall–Kier alpha value is -4.17. The number of rotatable bonds is 9. The lowest BCUT2D eigenvalue weighted by molar-refractivity contribution is 0.0600. The van der Waals surface area contributed by atoms with Gasteiger partial charge in [0.15, 0.2) is 5.11 Å². The van der Waals surface area contributed by atoms with E-state index in [1.807, 2.05) is 67.0 Å². The van der Waals surface area contributed by atoms with Gasteiger partial charge in [0.25, 0.3) is 0 Å². The van der Waals surface area contributed by atoms with Gasteiger partial charge in [-0.05, 0) is 79.3 Å². The number of aromatic nitrogens is 2. The molecule has 7 nitrogen and oxygen atoms in total. The van der Waals surface area contributed by atoms with E-state index in [0.29, 0.717) is 10.7 Å². The lowest BCUT2D eigenvalue weighted by Crippen LogP contribution is -2.32. The third-order valence-electron chi connectivity index (χ3n) is 6.53. The van der Waals surface area contributed by atoms with Crippen LogP contribution in [0.15, 0.2) is 97.3 Å². The fourth-order valence-electron chi connectivity index (χ4n) is 4.75. The Balaban J connectivity index is 1.42. The first-order valence-electron chi connectivity index (χ1n) is 12.3. The molecule has 0 spiro atoms. The molecular weight excluding hydrogens is 482 g/mol. The molecule has 0 bridgehead atoms. The second-order valence-corrected chi connectivity index (χ2v) is 9.19. The van der Waals surface area contributed by atoms with Crippen molar-refractivity contribution in [3.8, 4) is 5.69 Å². The molecule has 8 heteroatoms. The first kappa shape index (κ1) is 24.5. The molecule has 4 aromatic rings. The molecule has 3 heterocycles. The van der Waals surface area contributed by atoms with Crippen molar-refractivity contribution in [3.63, 3.8) is 0 Å². The SMILES string of the molecule is COC(=O)c1ccc(-n2cccc2[C@H]2[C@H](c3ccccn3)NC(=S)N2CCCNc2ccccc2)cc1. The third kappa shape index (κ3) is 5.34. The molecule has 2 N–H and O–H groups in total. The zero-order chi connectivity index (χ0) is 25.6. The highest BCUT2D eigenvalue weighted by atomic mass is 32.1. The Bertz CT molecular complexity index is 1340. The molecule has 0 radical (unpaired) electrons. The molecule has 0 unspecified atom stereocenters. The number of anilines is 1. The quantitative estimate of drug-likeness (QED) is 0.183. The van der Waals surface area contributed by atoms with E-state index in [2.05, 4.69) is 43.3 Å². The topological polar surface area (TPSA) is 71.4 Å². The number of esters is 1. The molecule has 1 saturated heterocycles. The average molecular weight is 512 g/mol. The van der Waals surface area contributed by atoms with E-state index < -0.39 is 0 Å². The number of hydrogen-bond donors (Lipinski definition) is 2. The molecular formula is C29H29N5O2S. The van der Waals surface area contributed by atoms with Gasteiger partial charge in [0.05, 0.1) is 30.5 Å². The molecule has 0 aliphatic carbocycles. The Morgan fingerprint density at radius 3 is 2.54 bits per heavy atom. The van der Waals surface area contributed by atoms with E-state index in [1.165, 1.54) is 7.11 Å². The molecule has 2 atom stereocenters. The summed E-state index contributed by atoms with van der Waals surface area (Å²) in [4.78, 5) is 18.8. The highest BCUT2D eigenvalue weighted by Gasteiger charge is 2.40. The predicted octanol–water partition coefficient (Wildman–Crippen LogP) is 5.13. The zero-order valence-corrected chi connectivity index (χ0v) is 21.4. The van der Waals surface area contributed by atoms with Gasteiger partial charge in [-0.25, -0.2) is 4.79 Å². The summed E-state index contributed by atoms with van der Waals surface area (Å²) in [5, 5.41) is 7.73. The fourth-order valence-corrected chi connectivity index (χ4v) is 5.08. The van der Waals surface area contributed by atoms with Crippen LogP contribution in [0, 0.1) is 0 Å². The van der Waals surface area contributed by atoms with Crippen molar-refractivity contribution in [3.05, 3.63) is 114 Å². The first-order valence-corrected chi connectivity index (χ1v) is 12.7. The molecule has 1 aliphatic heterocycles. The van der Waals surface area contributed by atoms with Crippen molar-refractivity contribution in [2.24, 2.45) is 0 Å². The molecule has 0 saturated carbocycles. The van der Waals surface area contributed by atoms with Crippen LogP contribution in [0.3, 0.4) is 0 Å². The van der Waals surface area contributed by atoms with Crippen LogP contribution in [-0.2, 0) is 4.74 Å². The third-order valence-corrected chi connectivity index (χ3v) is 6.88. The minimum atomic E-state index is -0.352.